The van der Waals surface area contributed by atoms with Gasteiger partial charge < -0.3 is 4.90 Å². The van der Waals surface area contributed by atoms with Gasteiger partial charge in [-0.05, 0) is 26.0 Å². The zero-order valence-corrected chi connectivity index (χ0v) is 12.2. The molecule has 0 unspecified atom stereocenters. The molecule has 0 atom stereocenters. The van der Waals surface area contributed by atoms with E-state index in [1.807, 2.05) is 50.4 Å². The van der Waals surface area contributed by atoms with E-state index in [1.165, 1.54) is 4.90 Å². The Bertz CT molecular complexity index is 634. The molecule has 2 rings (SSSR count). The summed E-state index contributed by atoms with van der Waals surface area (Å²) < 4.78 is 14.8. The maximum atomic E-state index is 13.1. The Kier molecular flexibility index (Phi) is 4.52. The molecule has 0 spiro atoms. The van der Waals surface area contributed by atoms with Crippen molar-refractivity contribution in [3.05, 3.63) is 60.7 Å². The van der Waals surface area contributed by atoms with Crippen molar-refractivity contribution in [2.45, 2.75) is 26.4 Å². The minimum absolute atomic E-state index is 0.120. The smallest absolute Gasteiger partial charge is 0.282 e. The highest BCUT2D eigenvalue weighted by Gasteiger charge is 2.20. The molecule has 0 N–H and O–H groups in total. The summed E-state index contributed by atoms with van der Waals surface area (Å²) in [6.07, 6.45) is 3.51. The van der Waals surface area contributed by atoms with Crippen LogP contribution in [0.1, 0.15) is 19.4 Å². The number of nitrogens with zero attached hydrogens (tertiary/aromatic N) is 3. The Hall–Kier alpha value is -2.43. The van der Waals surface area contributed by atoms with E-state index in [1.54, 1.807) is 10.9 Å². The van der Waals surface area contributed by atoms with Gasteiger partial charge in [0.25, 0.3) is 5.91 Å². The van der Waals surface area contributed by atoms with Crippen molar-refractivity contribution in [3.63, 3.8) is 0 Å². The first kappa shape index (κ1) is 15.0. The maximum Gasteiger partial charge on any atom is 0.282 e. The number of carbonyl (C=O) groups is 1. The summed E-state index contributed by atoms with van der Waals surface area (Å²) in [6.45, 7) is 7.04. The summed E-state index contributed by atoms with van der Waals surface area (Å²) in [7, 11) is 0. The molecular weight excluding hydrogens is 269 g/mol. The molecule has 0 fully saturated rings. The Morgan fingerprint density at radius 2 is 2.05 bits per heavy atom. The Morgan fingerprint density at radius 1 is 1.38 bits per heavy atom. The van der Waals surface area contributed by atoms with E-state index in [4.69, 9.17) is 0 Å². The fourth-order valence-corrected chi connectivity index (χ4v) is 2.01. The van der Waals surface area contributed by atoms with Gasteiger partial charge in [-0.3, -0.25) is 4.79 Å². The number of carbonyl (C=O) groups excluding carboxylic acids is 1. The zero-order chi connectivity index (χ0) is 15.4. The SMILES string of the molecule is C=C(F)C(=O)N(Cc1cnn(-c2ccccc2)c1)C(C)C. The number of amides is 1. The second-order valence-corrected chi connectivity index (χ2v) is 5.06. The van der Waals surface area contributed by atoms with Crippen LogP contribution in [0.4, 0.5) is 4.39 Å². The average Bonchev–Trinajstić information content (AvgIpc) is 2.93. The molecule has 21 heavy (non-hydrogen) atoms. The van der Waals surface area contributed by atoms with Crippen LogP contribution in [-0.4, -0.2) is 26.6 Å². The number of hydrogen-bond donors (Lipinski definition) is 0. The number of aromatic nitrogens is 2. The average molecular weight is 287 g/mol. The van der Waals surface area contributed by atoms with Crippen LogP contribution in [-0.2, 0) is 11.3 Å². The van der Waals surface area contributed by atoms with Crippen molar-refractivity contribution in [3.8, 4) is 5.69 Å². The highest BCUT2D eigenvalue weighted by Crippen LogP contribution is 2.14. The monoisotopic (exact) mass is 287 g/mol. The summed E-state index contributed by atoms with van der Waals surface area (Å²) >= 11 is 0. The quantitative estimate of drug-likeness (QED) is 0.793. The summed E-state index contributed by atoms with van der Waals surface area (Å²) in [5.41, 5.74) is 1.77. The predicted molar refractivity (Wildman–Crippen MR) is 79.5 cm³/mol. The van der Waals surface area contributed by atoms with E-state index in [2.05, 4.69) is 11.7 Å². The first-order chi connectivity index (χ1) is 9.99. The lowest BCUT2D eigenvalue weighted by molar-refractivity contribution is -0.130. The maximum absolute atomic E-state index is 13.1. The number of benzene rings is 1. The van der Waals surface area contributed by atoms with E-state index in [0.29, 0.717) is 6.54 Å². The van der Waals surface area contributed by atoms with Crippen molar-refractivity contribution in [1.82, 2.24) is 14.7 Å². The lowest BCUT2D eigenvalue weighted by Gasteiger charge is -2.25. The van der Waals surface area contributed by atoms with Crippen LogP contribution in [0.2, 0.25) is 0 Å². The molecule has 0 aliphatic carbocycles. The van der Waals surface area contributed by atoms with E-state index in [0.717, 1.165) is 11.3 Å². The van der Waals surface area contributed by atoms with E-state index < -0.39 is 11.7 Å². The molecule has 0 saturated carbocycles. The molecule has 1 aromatic heterocycles. The van der Waals surface area contributed by atoms with Crippen LogP contribution in [0, 0.1) is 0 Å². The summed E-state index contributed by atoms with van der Waals surface area (Å²) in [5, 5.41) is 4.27. The van der Waals surface area contributed by atoms with Gasteiger partial charge in [0.1, 0.15) is 0 Å². The minimum atomic E-state index is -0.945. The van der Waals surface area contributed by atoms with Gasteiger partial charge in [-0.2, -0.15) is 5.10 Å². The molecule has 0 aliphatic rings. The van der Waals surface area contributed by atoms with Crippen molar-refractivity contribution in [2.75, 3.05) is 0 Å². The molecule has 110 valence electrons. The molecule has 0 saturated heterocycles. The normalized spacial score (nSPS) is 10.7. The summed E-state index contributed by atoms with van der Waals surface area (Å²) in [4.78, 5) is 13.2. The molecule has 0 aliphatic heterocycles. The standard InChI is InChI=1S/C16H18FN3O/c1-12(2)19(16(21)13(3)17)10-14-9-18-20(11-14)15-7-5-4-6-8-15/h4-9,11-12H,3,10H2,1-2H3. The van der Waals surface area contributed by atoms with Gasteiger partial charge in [0, 0.05) is 24.3 Å². The molecule has 1 amide bonds. The topological polar surface area (TPSA) is 38.1 Å². The molecule has 1 aromatic carbocycles. The van der Waals surface area contributed by atoms with Crippen LogP contribution in [0.3, 0.4) is 0 Å². The summed E-state index contributed by atoms with van der Waals surface area (Å²) in [6, 6.07) is 9.53. The molecule has 4 nitrogen and oxygen atoms in total. The van der Waals surface area contributed by atoms with Crippen molar-refractivity contribution in [1.29, 1.82) is 0 Å². The number of hydrogen-bond acceptors (Lipinski definition) is 2. The molecule has 0 bridgehead atoms. The van der Waals surface area contributed by atoms with E-state index >= 15 is 0 Å². The highest BCUT2D eigenvalue weighted by molar-refractivity contribution is 5.90. The third-order valence-corrected chi connectivity index (χ3v) is 3.13. The highest BCUT2D eigenvalue weighted by atomic mass is 19.1. The fourth-order valence-electron chi connectivity index (χ4n) is 2.01. The van der Waals surface area contributed by atoms with Crippen LogP contribution >= 0.6 is 0 Å². The first-order valence-corrected chi connectivity index (χ1v) is 6.73. The van der Waals surface area contributed by atoms with Crippen molar-refractivity contribution >= 4 is 5.91 Å². The Balaban J connectivity index is 2.18. The number of rotatable bonds is 5. The van der Waals surface area contributed by atoms with Gasteiger partial charge in [-0.1, -0.05) is 24.8 Å². The van der Waals surface area contributed by atoms with Gasteiger partial charge >= 0.3 is 0 Å². The second-order valence-electron chi connectivity index (χ2n) is 5.06. The largest absolute Gasteiger partial charge is 0.330 e. The lowest BCUT2D eigenvalue weighted by Crippen LogP contribution is -2.36. The van der Waals surface area contributed by atoms with Crippen molar-refractivity contribution < 1.29 is 9.18 Å². The van der Waals surface area contributed by atoms with Gasteiger partial charge in [0.15, 0.2) is 5.83 Å². The second kappa shape index (κ2) is 6.35. The van der Waals surface area contributed by atoms with Crippen LogP contribution in [0.15, 0.2) is 55.1 Å². The van der Waals surface area contributed by atoms with E-state index in [9.17, 15) is 9.18 Å². The molecule has 1 heterocycles. The van der Waals surface area contributed by atoms with Crippen LogP contribution < -0.4 is 0 Å². The van der Waals surface area contributed by atoms with Gasteiger partial charge in [-0.25, -0.2) is 9.07 Å². The number of halogens is 1. The van der Waals surface area contributed by atoms with Crippen molar-refractivity contribution in [2.24, 2.45) is 0 Å². The summed E-state index contributed by atoms with van der Waals surface area (Å²) in [5.74, 6) is -1.63. The molecule has 0 radical (unpaired) electrons. The predicted octanol–water partition coefficient (Wildman–Crippen LogP) is 3.09. The Morgan fingerprint density at radius 3 is 2.62 bits per heavy atom. The lowest BCUT2D eigenvalue weighted by atomic mass is 10.2. The first-order valence-electron chi connectivity index (χ1n) is 6.73. The zero-order valence-electron chi connectivity index (χ0n) is 12.2. The third-order valence-electron chi connectivity index (χ3n) is 3.13. The van der Waals surface area contributed by atoms with Crippen LogP contribution in [0.5, 0.6) is 0 Å². The minimum Gasteiger partial charge on any atom is -0.330 e. The molecule has 5 heteroatoms. The molecular formula is C16H18FN3O. The third kappa shape index (κ3) is 3.56. The fraction of sp³-hybridized carbons (Fsp3) is 0.250. The molecule has 2 aromatic rings. The van der Waals surface area contributed by atoms with Gasteiger partial charge in [0.05, 0.1) is 11.9 Å². The van der Waals surface area contributed by atoms with Crippen LogP contribution in [0.25, 0.3) is 5.69 Å². The Labute approximate surface area is 123 Å². The van der Waals surface area contributed by atoms with Gasteiger partial charge in [-0.15, -0.1) is 0 Å². The van der Waals surface area contributed by atoms with Gasteiger partial charge in [0.2, 0.25) is 0 Å². The number of para-hydroxylation sites is 1. The van der Waals surface area contributed by atoms with E-state index in [-0.39, 0.29) is 6.04 Å².